The Kier molecular flexibility index (Phi) is 4.37. The third-order valence-corrected chi connectivity index (χ3v) is 3.17. The fourth-order valence-corrected chi connectivity index (χ4v) is 2.06. The van der Waals surface area contributed by atoms with Crippen LogP contribution in [0.4, 0.5) is 0 Å². The van der Waals surface area contributed by atoms with Gasteiger partial charge < -0.3 is 4.74 Å². The van der Waals surface area contributed by atoms with Crippen LogP contribution in [0, 0.1) is 22.7 Å². The fraction of sp³-hybridized carbons (Fsp3) is 0.176. The molecule has 2 rings (SSSR count). The molecule has 1 atom stereocenters. The smallest absolute Gasteiger partial charge is 0.119 e. The molecule has 2 aromatic carbocycles. The molecule has 0 saturated carbocycles. The van der Waals surface area contributed by atoms with Crippen LogP contribution in [0.25, 0.3) is 0 Å². The molecule has 0 aliphatic carbocycles. The summed E-state index contributed by atoms with van der Waals surface area (Å²) in [6, 6.07) is 19.3. The van der Waals surface area contributed by atoms with E-state index >= 15 is 0 Å². The predicted molar refractivity (Wildman–Crippen MR) is 76.2 cm³/mol. The van der Waals surface area contributed by atoms with Crippen molar-refractivity contribution in [1.29, 1.82) is 10.5 Å². The Bertz CT molecular complexity index is 663. The van der Waals surface area contributed by atoms with E-state index in [-0.39, 0.29) is 5.92 Å². The molecule has 0 radical (unpaired) electrons. The van der Waals surface area contributed by atoms with E-state index in [9.17, 15) is 5.26 Å². The number of nitriles is 2. The lowest BCUT2D eigenvalue weighted by molar-refractivity contribution is 0.414. The van der Waals surface area contributed by atoms with Crippen molar-refractivity contribution in [2.75, 3.05) is 7.11 Å². The summed E-state index contributed by atoms with van der Waals surface area (Å²) in [5.41, 5.74) is 2.58. The Hall–Kier alpha value is -2.78. The lowest BCUT2D eigenvalue weighted by atomic mass is 9.92. The summed E-state index contributed by atoms with van der Waals surface area (Å²) in [4.78, 5) is 0. The molecule has 0 N–H and O–H groups in total. The van der Waals surface area contributed by atoms with Gasteiger partial charge in [0, 0.05) is 0 Å². The molecule has 0 fully saturated rings. The van der Waals surface area contributed by atoms with Crippen molar-refractivity contribution in [3.8, 4) is 17.9 Å². The molecule has 0 aliphatic rings. The molecule has 2 aromatic rings. The summed E-state index contributed by atoms with van der Waals surface area (Å²) in [6.07, 6.45) is 0.625. The number of rotatable bonds is 4. The van der Waals surface area contributed by atoms with Gasteiger partial charge in [-0.3, -0.25) is 0 Å². The average Bonchev–Trinajstić information content (AvgIpc) is 2.53. The second kappa shape index (κ2) is 6.41. The number of benzene rings is 2. The van der Waals surface area contributed by atoms with E-state index < -0.39 is 0 Å². The molecule has 0 bridgehead atoms. The van der Waals surface area contributed by atoms with Gasteiger partial charge in [-0.05, 0) is 41.8 Å². The van der Waals surface area contributed by atoms with Gasteiger partial charge >= 0.3 is 0 Å². The lowest BCUT2D eigenvalue weighted by Gasteiger charge is -2.10. The van der Waals surface area contributed by atoms with Crippen molar-refractivity contribution in [2.24, 2.45) is 0 Å². The topological polar surface area (TPSA) is 56.8 Å². The molecular formula is C17H14N2O. The van der Waals surface area contributed by atoms with E-state index in [1.807, 2.05) is 36.4 Å². The van der Waals surface area contributed by atoms with Crippen molar-refractivity contribution in [3.05, 3.63) is 65.2 Å². The van der Waals surface area contributed by atoms with Gasteiger partial charge in [-0.2, -0.15) is 10.5 Å². The number of hydrogen-bond donors (Lipinski definition) is 0. The van der Waals surface area contributed by atoms with Crippen LogP contribution in [0.3, 0.4) is 0 Å². The van der Waals surface area contributed by atoms with E-state index in [0.29, 0.717) is 12.0 Å². The van der Waals surface area contributed by atoms with Gasteiger partial charge in [0.1, 0.15) is 5.75 Å². The maximum Gasteiger partial charge on any atom is 0.119 e. The van der Waals surface area contributed by atoms with Gasteiger partial charge in [-0.15, -0.1) is 0 Å². The van der Waals surface area contributed by atoms with Gasteiger partial charge in [0.15, 0.2) is 0 Å². The molecule has 0 heterocycles. The van der Waals surface area contributed by atoms with Crippen LogP contribution in [0.15, 0.2) is 48.5 Å². The summed E-state index contributed by atoms with van der Waals surface area (Å²) in [6.45, 7) is 0. The molecule has 0 amide bonds. The first-order chi connectivity index (χ1) is 9.76. The van der Waals surface area contributed by atoms with Crippen LogP contribution in [-0.2, 0) is 6.42 Å². The number of ether oxygens (including phenoxy) is 1. The van der Waals surface area contributed by atoms with Crippen molar-refractivity contribution in [3.63, 3.8) is 0 Å². The number of hydrogen-bond acceptors (Lipinski definition) is 3. The van der Waals surface area contributed by atoms with Gasteiger partial charge in [0.05, 0.1) is 30.7 Å². The Labute approximate surface area is 118 Å². The highest BCUT2D eigenvalue weighted by Gasteiger charge is 2.12. The molecule has 98 valence electrons. The molecule has 0 saturated heterocycles. The van der Waals surface area contributed by atoms with Crippen molar-refractivity contribution in [2.45, 2.75) is 12.3 Å². The highest BCUT2D eigenvalue weighted by atomic mass is 16.5. The Morgan fingerprint density at radius 2 is 1.85 bits per heavy atom. The number of nitrogens with zero attached hydrogens (tertiary/aromatic N) is 2. The summed E-state index contributed by atoms with van der Waals surface area (Å²) >= 11 is 0. The first-order valence-electron chi connectivity index (χ1n) is 6.29. The minimum absolute atomic E-state index is 0.227. The second-order valence-corrected chi connectivity index (χ2v) is 4.47. The predicted octanol–water partition coefficient (Wildman–Crippen LogP) is 3.42. The monoisotopic (exact) mass is 262 g/mol. The van der Waals surface area contributed by atoms with E-state index in [0.717, 1.165) is 16.9 Å². The summed E-state index contributed by atoms with van der Waals surface area (Å²) < 4.78 is 5.19. The molecular weight excluding hydrogens is 248 g/mol. The van der Waals surface area contributed by atoms with Gasteiger partial charge in [0.2, 0.25) is 0 Å². The molecule has 0 spiro atoms. The Morgan fingerprint density at radius 3 is 2.45 bits per heavy atom. The van der Waals surface area contributed by atoms with Crippen LogP contribution in [0.5, 0.6) is 5.75 Å². The molecule has 20 heavy (non-hydrogen) atoms. The maximum absolute atomic E-state index is 9.35. The summed E-state index contributed by atoms with van der Waals surface area (Å²) in [5, 5.41) is 18.1. The summed E-state index contributed by atoms with van der Waals surface area (Å²) in [5.74, 6) is 0.564. The first-order valence-corrected chi connectivity index (χ1v) is 6.29. The minimum atomic E-state index is -0.227. The van der Waals surface area contributed by atoms with Crippen molar-refractivity contribution < 1.29 is 4.74 Å². The van der Waals surface area contributed by atoms with E-state index in [2.05, 4.69) is 12.1 Å². The van der Waals surface area contributed by atoms with Crippen molar-refractivity contribution >= 4 is 0 Å². The SMILES string of the molecule is COc1cccc(CC(C#N)c2ccc(C#N)cc2)c1. The molecule has 0 aromatic heterocycles. The van der Waals surface area contributed by atoms with Crippen LogP contribution in [-0.4, -0.2) is 7.11 Å². The molecule has 1 unspecified atom stereocenters. The zero-order valence-corrected chi connectivity index (χ0v) is 11.2. The zero-order chi connectivity index (χ0) is 14.4. The molecule has 3 heteroatoms. The first kappa shape index (κ1) is 13.6. The van der Waals surface area contributed by atoms with Crippen LogP contribution in [0.1, 0.15) is 22.6 Å². The van der Waals surface area contributed by atoms with Gasteiger partial charge in [0.25, 0.3) is 0 Å². The maximum atomic E-state index is 9.35. The third-order valence-electron chi connectivity index (χ3n) is 3.17. The lowest BCUT2D eigenvalue weighted by Crippen LogP contribution is -2.01. The normalized spacial score (nSPS) is 11.2. The fourth-order valence-electron chi connectivity index (χ4n) is 2.06. The minimum Gasteiger partial charge on any atom is -0.497 e. The average molecular weight is 262 g/mol. The van der Waals surface area contributed by atoms with Crippen LogP contribution >= 0.6 is 0 Å². The summed E-state index contributed by atoms with van der Waals surface area (Å²) in [7, 11) is 1.63. The van der Waals surface area contributed by atoms with E-state index in [4.69, 9.17) is 10.00 Å². The van der Waals surface area contributed by atoms with Crippen molar-refractivity contribution in [1.82, 2.24) is 0 Å². The highest BCUT2D eigenvalue weighted by molar-refractivity contribution is 5.37. The second-order valence-electron chi connectivity index (χ2n) is 4.47. The molecule has 3 nitrogen and oxygen atoms in total. The van der Waals surface area contributed by atoms with Gasteiger partial charge in [-0.25, -0.2) is 0 Å². The highest BCUT2D eigenvalue weighted by Crippen LogP contribution is 2.23. The zero-order valence-electron chi connectivity index (χ0n) is 11.2. The third kappa shape index (κ3) is 3.16. The Morgan fingerprint density at radius 1 is 1.10 bits per heavy atom. The van der Waals surface area contributed by atoms with E-state index in [1.54, 1.807) is 19.2 Å². The van der Waals surface area contributed by atoms with Crippen LogP contribution < -0.4 is 4.74 Å². The van der Waals surface area contributed by atoms with Crippen LogP contribution in [0.2, 0.25) is 0 Å². The van der Waals surface area contributed by atoms with E-state index in [1.165, 1.54) is 0 Å². The Balaban J connectivity index is 2.20. The largest absolute Gasteiger partial charge is 0.497 e. The van der Waals surface area contributed by atoms with Gasteiger partial charge in [-0.1, -0.05) is 24.3 Å². The standard InChI is InChI=1S/C17H14N2O/c1-20-17-4-2-3-14(10-17)9-16(12-19)15-7-5-13(11-18)6-8-15/h2-8,10,16H,9H2,1H3. The number of methoxy groups -OCH3 is 1. The molecule has 0 aliphatic heterocycles. The quantitative estimate of drug-likeness (QED) is 0.848.